The van der Waals surface area contributed by atoms with Crippen molar-refractivity contribution in [2.75, 3.05) is 6.61 Å². The second kappa shape index (κ2) is 8.26. The zero-order valence-electron chi connectivity index (χ0n) is 15.2. The van der Waals surface area contributed by atoms with Crippen LogP contribution in [0.15, 0.2) is 35.2 Å². The Kier molecular flexibility index (Phi) is 6.62. The minimum atomic E-state index is -4.96. The van der Waals surface area contributed by atoms with Gasteiger partial charge in [-0.15, -0.1) is 0 Å². The van der Waals surface area contributed by atoms with Crippen LogP contribution in [0.5, 0.6) is 5.75 Å². The number of hydrogen-bond donors (Lipinski definition) is 1. The normalized spacial score (nSPS) is 13.4. The summed E-state index contributed by atoms with van der Waals surface area (Å²) >= 11 is 5.58. The number of aryl methyl sites for hydroxylation is 3. The molecule has 10 heteroatoms. The van der Waals surface area contributed by atoms with Gasteiger partial charge in [0.1, 0.15) is 6.61 Å². The molecule has 0 heterocycles. The third-order valence-corrected chi connectivity index (χ3v) is 5.88. The largest absolute Gasteiger partial charge is 0.488 e. The molecule has 0 spiro atoms. The molecule has 0 aliphatic rings. The number of halogens is 5. The molecule has 28 heavy (non-hydrogen) atoms. The second-order valence-corrected chi connectivity index (χ2v) is 8.42. The molecule has 0 radical (unpaired) electrons. The summed E-state index contributed by atoms with van der Waals surface area (Å²) < 4.78 is 85.5. The van der Waals surface area contributed by atoms with Gasteiger partial charge in [0.25, 0.3) is 0 Å². The molecule has 0 amide bonds. The predicted molar refractivity (Wildman–Crippen MR) is 97.7 cm³/mol. The molecule has 4 nitrogen and oxygen atoms in total. The SMILES string of the molecule is Cc1cc(C)c(S(=O)(=O)NC(COc2ccc(Cl)cc2F)C(F)(F)F)c(C)c1. The van der Waals surface area contributed by atoms with Crippen molar-refractivity contribution in [3.63, 3.8) is 0 Å². The molecule has 0 aliphatic heterocycles. The molecule has 2 rings (SSSR count). The standard InChI is InChI=1S/C18H18ClF4NO3S/c1-10-6-11(2)17(12(3)7-10)28(25,26)24-16(18(21,22)23)9-27-15-5-4-13(19)8-14(15)20/h4-8,16,24H,9H2,1-3H3. The van der Waals surface area contributed by atoms with Crippen molar-refractivity contribution in [3.05, 3.63) is 57.9 Å². The molecule has 2 aromatic carbocycles. The van der Waals surface area contributed by atoms with Crippen LogP contribution in [0.3, 0.4) is 0 Å². The lowest BCUT2D eigenvalue weighted by Gasteiger charge is -2.23. The van der Waals surface area contributed by atoms with Crippen molar-refractivity contribution in [2.24, 2.45) is 0 Å². The van der Waals surface area contributed by atoms with E-state index in [4.69, 9.17) is 16.3 Å². The zero-order valence-corrected chi connectivity index (χ0v) is 16.8. The Morgan fingerprint density at radius 2 is 1.68 bits per heavy atom. The topological polar surface area (TPSA) is 55.4 Å². The summed E-state index contributed by atoms with van der Waals surface area (Å²) in [5.41, 5.74) is 1.41. The van der Waals surface area contributed by atoms with E-state index in [0.717, 1.165) is 17.7 Å². The van der Waals surface area contributed by atoms with E-state index in [0.29, 0.717) is 11.1 Å². The van der Waals surface area contributed by atoms with Gasteiger partial charge in [-0.25, -0.2) is 12.8 Å². The van der Waals surface area contributed by atoms with Gasteiger partial charge >= 0.3 is 6.18 Å². The van der Waals surface area contributed by atoms with Gasteiger partial charge in [0.2, 0.25) is 10.0 Å². The molecule has 0 saturated heterocycles. The Labute approximate surface area is 165 Å². The van der Waals surface area contributed by atoms with Crippen molar-refractivity contribution < 1.29 is 30.7 Å². The molecular weight excluding hydrogens is 422 g/mol. The van der Waals surface area contributed by atoms with Crippen LogP contribution in [0.2, 0.25) is 5.02 Å². The van der Waals surface area contributed by atoms with Gasteiger partial charge in [0.15, 0.2) is 17.6 Å². The van der Waals surface area contributed by atoms with E-state index < -0.39 is 40.4 Å². The highest BCUT2D eigenvalue weighted by atomic mass is 35.5. The lowest BCUT2D eigenvalue weighted by molar-refractivity contribution is -0.157. The van der Waals surface area contributed by atoms with Crippen LogP contribution in [-0.2, 0) is 10.0 Å². The average molecular weight is 440 g/mol. The molecule has 0 aromatic heterocycles. The Bertz CT molecular complexity index is 954. The highest BCUT2D eigenvalue weighted by Gasteiger charge is 2.43. The number of hydrogen-bond acceptors (Lipinski definition) is 3. The number of sulfonamides is 1. The first-order valence-corrected chi connectivity index (χ1v) is 9.92. The van der Waals surface area contributed by atoms with Gasteiger partial charge in [-0.1, -0.05) is 29.3 Å². The highest BCUT2D eigenvalue weighted by Crippen LogP contribution is 2.27. The Balaban J connectivity index is 2.29. The van der Waals surface area contributed by atoms with Crippen LogP contribution in [-0.4, -0.2) is 27.2 Å². The first kappa shape index (κ1) is 22.4. The molecule has 0 bridgehead atoms. The minimum absolute atomic E-state index is 0.0447. The molecular formula is C18H18ClF4NO3S. The molecule has 0 aliphatic carbocycles. The minimum Gasteiger partial charge on any atom is -0.488 e. The van der Waals surface area contributed by atoms with Gasteiger partial charge in [-0.3, -0.25) is 0 Å². The fourth-order valence-electron chi connectivity index (χ4n) is 2.80. The van der Waals surface area contributed by atoms with Gasteiger partial charge in [-0.05, 0) is 50.1 Å². The highest BCUT2D eigenvalue weighted by molar-refractivity contribution is 7.89. The quantitative estimate of drug-likeness (QED) is 0.664. The number of nitrogens with one attached hydrogen (secondary N) is 1. The van der Waals surface area contributed by atoms with Crippen molar-refractivity contribution >= 4 is 21.6 Å². The first-order chi connectivity index (χ1) is 12.8. The van der Waals surface area contributed by atoms with E-state index in [1.165, 1.54) is 19.9 Å². The monoisotopic (exact) mass is 439 g/mol. The number of rotatable bonds is 6. The van der Waals surface area contributed by atoms with Crippen LogP contribution < -0.4 is 9.46 Å². The molecule has 154 valence electrons. The van der Waals surface area contributed by atoms with Crippen LogP contribution in [0.25, 0.3) is 0 Å². The van der Waals surface area contributed by atoms with Crippen molar-refractivity contribution in [1.82, 2.24) is 4.72 Å². The summed E-state index contributed by atoms with van der Waals surface area (Å²) in [5.74, 6) is -1.43. The smallest absolute Gasteiger partial charge is 0.408 e. The summed E-state index contributed by atoms with van der Waals surface area (Å²) in [6, 6.07) is 3.73. The van der Waals surface area contributed by atoms with Gasteiger partial charge in [0, 0.05) is 5.02 Å². The third kappa shape index (κ3) is 5.36. The molecule has 1 unspecified atom stereocenters. The Morgan fingerprint density at radius 3 is 2.18 bits per heavy atom. The van der Waals surface area contributed by atoms with Crippen LogP contribution >= 0.6 is 11.6 Å². The number of benzene rings is 2. The van der Waals surface area contributed by atoms with Crippen LogP contribution in [0, 0.1) is 26.6 Å². The average Bonchev–Trinajstić information content (AvgIpc) is 2.50. The van der Waals surface area contributed by atoms with Crippen molar-refractivity contribution in [3.8, 4) is 5.75 Å². The maximum absolute atomic E-state index is 13.7. The van der Waals surface area contributed by atoms with Crippen LogP contribution in [0.1, 0.15) is 16.7 Å². The fraction of sp³-hybridized carbons (Fsp3) is 0.333. The molecule has 0 fully saturated rings. The second-order valence-electron chi connectivity index (χ2n) is 6.33. The van der Waals surface area contributed by atoms with Crippen molar-refractivity contribution in [1.29, 1.82) is 0 Å². The Hall–Kier alpha value is -1.84. The van der Waals surface area contributed by atoms with E-state index in [2.05, 4.69) is 0 Å². The molecule has 0 saturated carbocycles. The summed E-state index contributed by atoms with van der Waals surface area (Å²) in [6.07, 6.45) is -4.96. The lowest BCUT2D eigenvalue weighted by atomic mass is 10.1. The third-order valence-electron chi connectivity index (χ3n) is 3.87. The van der Waals surface area contributed by atoms with E-state index in [-0.39, 0.29) is 9.92 Å². The summed E-state index contributed by atoms with van der Waals surface area (Å²) in [5, 5.41) is 0.0447. The first-order valence-electron chi connectivity index (χ1n) is 8.06. The van der Waals surface area contributed by atoms with E-state index in [9.17, 15) is 26.0 Å². The lowest BCUT2D eigenvalue weighted by Crippen LogP contribution is -2.49. The summed E-state index contributed by atoms with van der Waals surface area (Å²) in [6.45, 7) is 3.59. The number of ether oxygens (including phenoxy) is 1. The fourth-order valence-corrected chi connectivity index (χ4v) is 4.62. The number of alkyl halides is 3. The maximum Gasteiger partial charge on any atom is 0.408 e. The summed E-state index contributed by atoms with van der Waals surface area (Å²) in [4.78, 5) is -0.231. The predicted octanol–water partition coefficient (Wildman–Crippen LogP) is 4.69. The van der Waals surface area contributed by atoms with E-state index in [1.54, 1.807) is 23.8 Å². The molecule has 1 atom stereocenters. The zero-order chi connectivity index (χ0) is 21.3. The van der Waals surface area contributed by atoms with Gasteiger partial charge in [-0.2, -0.15) is 17.9 Å². The molecule has 2 aromatic rings. The maximum atomic E-state index is 13.7. The van der Waals surface area contributed by atoms with Crippen molar-refractivity contribution in [2.45, 2.75) is 37.9 Å². The van der Waals surface area contributed by atoms with Crippen LogP contribution in [0.4, 0.5) is 17.6 Å². The molecule has 1 N–H and O–H groups in total. The van der Waals surface area contributed by atoms with E-state index >= 15 is 0 Å². The van der Waals surface area contributed by atoms with Gasteiger partial charge < -0.3 is 4.74 Å². The van der Waals surface area contributed by atoms with Gasteiger partial charge in [0.05, 0.1) is 4.90 Å². The summed E-state index contributed by atoms with van der Waals surface area (Å²) in [7, 11) is -4.51. The van der Waals surface area contributed by atoms with E-state index in [1.807, 2.05) is 0 Å². The Morgan fingerprint density at radius 1 is 1.11 bits per heavy atom.